The molecule has 108 valence electrons. The maximum absolute atomic E-state index is 11.8. The summed E-state index contributed by atoms with van der Waals surface area (Å²) in [6.45, 7) is 4.52. The first-order valence-electron chi connectivity index (χ1n) is 6.90. The fourth-order valence-corrected chi connectivity index (χ4v) is 1.95. The van der Waals surface area contributed by atoms with E-state index in [0.717, 1.165) is 12.1 Å². The number of hydrogen-bond donors (Lipinski definition) is 2. The molecule has 1 saturated carbocycles. The summed E-state index contributed by atoms with van der Waals surface area (Å²) in [4.78, 5) is 23.0. The van der Waals surface area contributed by atoms with Gasteiger partial charge in [0.15, 0.2) is 6.61 Å². The standard InChI is InChI=1S/C15H20N2O3/c1-3-16-14(18)9-20-12-6-4-11(5-7-12)17-15(19)13-8-10(13)2/h4-7,10,13H,3,8-9H2,1-2H3,(H,16,18)(H,17,19). The van der Waals surface area contributed by atoms with Crippen molar-refractivity contribution in [2.45, 2.75) is 20.3 Å². The molecule has 0 radical (unpaired) electrons. The summed E-state index contributed by atoms with van der Waals surface area (Å²) < 4.78 is 5.33. The van der Waals surface area contributed by atoms with Crippen LogP contribution in [0.4, 0.5) is 5.69 Å². The van der Waals surface area contributed by atoms with Gasteiger partial charge < -0.3 is 15.4 Å². The monoisotopic (exact) mass is 276 g/mol. The third kappa shape index (κ3) is 3.98. The molecule has 2 unspecified atom stereocenters. The summed E-state index contributed by atoms with van der Waals surface area (Å²) in [5.74, 6) is 1.19. The number of benzene rings is 1. The second-order valence-electron chi connectivity index (χ2n) is 5.08. The number of hydrogen-bond acceptors (Lipinski definition) is 3. The van der Waals surface area contributed by atoms with E-state index in [1.807, 2.05) is 6.92 Å². The molecule has 0 aromatic heterocycles. The number of amides is 2. The molecule has 2 N–H and O–H groups in total. The van der Waals surface area contributed by atoms with Gasteiger partial charge in [0.1, 0.15) is 5.75 Å². The van der Waals surface area contributed by atoms with E-state index < -0.39 is 0 Å². The van der Waals surface area contributed by atoms with Crippen molar-refractivity contribution in [2.75, 3.05) is 18.5 Å². The van der Waals surface area contributed by atoms with Gasteiger partial charge in [-0.25, -0.2) is 0 Å². The lowest BCUT2D eigenvalue weighted by atomic mass is 10.2. The number of nitrogens with one attached hydrogen (secondary N) is 2. The molecule has 0 heterocycles. The lowest BCUT2D eigenvalue weighted by molar-refractivity contribution is -0.123. The predicted octanol–water partition coefficient (Wildman–Crippen LogP) is 1.80. The van der Waals surface area contributed by atoms with Crippen molar-refractivity contribution in [3.8, 4) is 5.75 Å². The Morgan fingerprint density at radius 3 is 2.50 bits per heavy atom. The molecule has 0 bridgehead atoms. The molecule has 1 aromatic rings. The molecule has 2 atom stereocenters. The topological polar surface area (TPSA) is 67.4 Å². The minimum atomic E-state index is -0.146. The molecule has 1 aliphatic rings. The first kappa shape index (κ1) is 14.4. The smallest absolute Gasteiger partial charge is 0.257 e. The van der Waals surface area contributed by atoms with E-state index in [2.05, 4.69) is 17.6 Å². The van der Waals surface area contributed by atoms with Crippen molar-refractivity contribution >= 4 is 17.5 Å². The van der Waals surface area contributed by atoms with Crippen molar-refractivity contribution in [3.05, 3.63) is 24.3 Å². The normalized spacial score (nSPS) is 20.1. The van der Waals surface area contributed by atoms with Gasteiger partial charge in [-0.1, -0.05) is 6.92 Å². The third-order valence-corrected chi connectivity index (χ3v) is 3.31. The molecule has 1 aliphatic carbocycles. The molecule has 0 saturated heterocycles. The number of ether oxygens (including phenoxy) is 1. The lowest BCUT2D eigenvalue weighted by Gasteiger charge is -2.08. The van der Waals surface area contributed by atoms with E-state index in [9.17, 15) is 9.59 Å². The van der Waals surface area contributed by atoms with Gasteiger partial charge in [-0.15, -0.1) is 0 Å². The molecule has 0 spiro atoms. The molecular formula is C15H20N2O3. The van der Waals surface area contributed by atoms with Gasteiger partial charge in [-0.3, -0.25) is 9.59 Å². The van der Waals surface area contributed by atoms with Gasteiger partial charge in [-0.05, 0) is 43.5 Å². The first-order valence-corrected chi connectivity index (χ1v) is 6.90. The number of likely N-dealkylation sites (N-methyl/N-ethyl adjacent to an activating group) is 1. The zero-order chi connectivity index (χ0) is 14.5. The Hall–Kier alpha value is -2.04. The van der Waals surface area contributed by atoms with Crippen molar-refractivity contribution in [1.82, 2.24) is 5.32 Å². The van der Waals surface area contributed by atoms with Crippen LogP contribution in [0.15, 0.2) is 24.3 Å². The highest BCUT2D eigenvalue weighted by Crippen LogP contribution is 2.38. The zero-order valence-electron chi connectivity index (χ0n) is 11.8. The summed E-state index contributed by atoms with van der Waals surface area (Å²) in [5, 5.41) is 5.53. The predicted molar refractivity (Wildman–Crippen MR) is 76.5 cm³/mol. The summed E-state index contributed by atoms with van der Waals surface area (Å²) in [6.07, 6.45) is 0.972. The van der Waals surface area contributed by atoms with Gasteiger partial charge in [0, 0.05) is 18.2 Å². The average Bonchev–Trinajstić information content (AvgIpc) is 3.16. The van der Waals surface area contributed by atoms with Crippen LogP contribution in [-0.2, 0) is 9.59 Å². The second-order valence-corrected chi connectivity index (χ2v) is 5.08. The number of carbonyl (C=O) groups excluding carboxylic acids is 2. The largest absolute Gasteiger partial charge is 0.484 e. The minimum absolute atomic E-state index is 0.000859. The molecule has 2 rings (SSSR count). The van der Waals surface area contributed by atoms with Gasteiger partial charge in [0.2, 0.25) is 5.91 Å². The zero-order valence-corrected chi connectivity index (χ0v) is 11.8. The van der Waals surface area contributed by atoms with Gasteiger partial charge in [0.05, 0.1) is 0 Å². The molecule has 5 nitrogen and oxygen atoms in total. The summed E-state index contributed by atoms with van der Waals surface area (Å²) in [7, 11) is 0. The van der Waals surface area contributed by atoms with Crippen LogP contribution in [0.3, 0.4) is 0 Å². The molecule has 20 heavy (non-hydrogen) atoms. The highest BCUT2D eigenvalue weighted by atomic mass is 16.5. The van der Waals surface area contributed by atoms with E-state index in [1.54, 1.807) is 24.3 Å². The van der Waals surface area contributed by atoms with Crippen LogP contribution in [0.5, 0.6) is 5.75 Å². The highest BCUT2D eigenvalue weighted by Gasteiger charge is 2.38. The van der Waals surface area contributed by atoms with Crippen LogP contribution in [0.25, 0.3) is 0 Å². The Morgan fingerprint density at radius 2 is 1.95 bits per heavy atom. The van der Waals surface area contributed by atoms with Crippen molar-refractivity contribution < 1.29 is 14.3 Å². The molecular weight excluding hydrogens is 256 g/mol. The van der Waals surface area contributed by atoms with E-state index in [0.29, 0.717) is 18.2 Å². The van der Waals surface area contributed by atoms with Crippen LogP contribution < -0.4 is 15.4 Å². The van der Waals surface area contributed by atoms with Gasteiger partial charge in [-0.2, -0.15) is 0 Å². The molecule has 5 heteroatoms. The van der Waals surface area contributed by atoms with Crippen molar-refractivity contribution in [1.29, 1.82) is 0 Å². The van der Waals surface area contributed by atoms with Crippen LogP contribution >= 0.6 is 0 Å². The fraction of sp³-hybridized carbons (Fsp3) is 0.467. The van der Waals surface area contributed by atoms with Crippen LogP contribution in [0.1, 0.15) is 20.3 Å². The first-order chi connectivity index (χ1) is 9.60. The maximum Gasteiger partial charge on any atom is 0.257 e. The molecule has 2 amide bonds. The van der Waals surface area contributed by atoms with Crippen LogP contribution in [0.2, 0.25) is 0 Å². The van der Waals surface area contributed by atoms with Crippen LogP contribution in [-0.4, -0.2) is 25.0 Å². The fourth-order valence-electron chi connectivity index (χ4n) is 1.95. The Labute approximate surface area is 118 Å². The Bertz CT molecular complexity index is 484. The van der Waals surface area contributed by atoms with E-state index >= 15 is 0 Å². The van der Waals surface area contributed by atoms with Crippen LogP contribution in [0, 0.1) is 11.8 Å². The van der Waals surface area contributed by atoms with Crippen molar-refractivity contribution in [3.63, 3.8) is 0 Å². The van der Waals surface area contributed by atoms with E-state index in [1.165, 1.54) is 0 Å². The Balaban J connectivity index is 1.80. The Kier molecular flexibility index (Phi) is 4.61. The van der Waals surface area contributed by atoms with Crippen molar-refractivity contribution in [2.24, 2.45) is 11.8 Å². The second kappa shape index (κ2) is 6.41. The number of carbonyl (C=O) groups is 2. The lowest BCUT2D eigenvalue weighted by Crippen LogP contribution is -2.28. The SMILES string of the molecule is CCNC(=O)COc1ccc(NC(=O)C2CC2C)cc1. The maximum atomic E-state index is 11.8. The van der Waals surface area contributed by atoms with E-state index in [-0.39, 0.29) is 24.3 Å². The minimum Gasteiger partial charge on any atom is -0.484 e. The highest BCUT2D eigenvalue weighted by molar-refractivity contribution is 5.94. The molecule has 1 aromatic carbocycles. The molecule has 1 fully saturated rings. The van der Waals surface area contributed by atoms with Gasteiger partial charge >= 0.3 is 0 Å². The quantitative estimate of drug-likeness (QED) is 0.832. The number of rotatable bonds is 6. The van der Waals surface area contributed by atoms with E-state index in [4.69, 9.17) is 4.74 Å². The third-order valence-electron chi connectivity index (χ3n) is 3.31. The van der Waals surface area contributed by atoms with Gasteiger partial charge in [0.25, 0.3) is 5.91 Å². The average molecular weight is 276 g/mol. The number of anilines is 1. The molecule has 0 aliphatic heterocycles. The summed E-state index contributed by atoms with van der Waals surface area (Å²) >= 11 is 0. The summed E-state index contributed by atoms with van der Waals surface area (Å²) in [5.41, 5.74) is 0.749. The Morgan fingerprint density at radius 1 is 1.30 bits per heavy atom. The summed E-state index contributed by atoms with van der Waals surface area (Å²) in [6, 6.07) is 7.03.